The summed E-state index contributed by atoms with van der Waals surface area (Å²) in [4.78, 5) is 9.06. The van der Waals surface area contributed by atoms with Crippen LogP contribution in [0.4, 0.5) is 0 Å². The van der Waals surface area contributed by atoms with Crippen LogP contribution in [-0.2, 0) is 6.54 Å². The zero-order valence-corrected chi connectivity index (χ0v) is 12.7. The molecule has 0 spiro atoms. The molecule has 0 radical (unpaired) electrons. The number of aromatic nitrogens is 1. The van der Waals surface area contributed by atoms with Gasteiger partial charge in [-0.2, -0.15) is 0 Å². The SMILES string of the molecule is CC(C)C1CN=C(NCc2cccc3cccnc23)S1. The predicted molar refractivity (Wildman–Crippen MR) is 87.1 cm³/mol. The van der Waals surface area contributed by atoms with Crippen molar-refractivity contribution in [3.63, 3.8) is 0 Å². The third-order valence-electron chi connectivity index (χ3n) is 3.57. The van der Waals surface area contributed by atoms with Crippen molar-refractivity contribution in [1.82, 2.24) is 10.3 Å². The summed E-state index contributed by atoms with van der Waals surface area (Å²) in [5.74, 6) is 0.669. The lowest BCUT2D eigenvalue weighted by Crippen LogP contribution is -2.20. The molecule has 1 aliphatic heterocycles. The number of rotatable bonds is 3. The highest BCUT2D eigenvalue weighted by molar-refractivity contribution is 8.14. The van der Waals surface area contributed by atoms with Crippen LogP contribution in [-0.4, -0.2) is 21.9 Å². The molecule has 4 heteroatoms. The molecule has 0 saturated heterocycles. The van der Waals surface area contributed by atoms with Gasteiger partial charge in [0.1, 0.15) is 0 Å². The summed E-state index contributed by atoms with van der Waals surface area (Å²) in [5.41, 5.74) is 2.30. The Hall–Kier alpha value is -1.55. The maximum Gasteiger partial charge on any atom is 0.157 e. The molecule has 1 aliphatic rings. The van der Waals surface area contributed by atoms with Crippen molar-refractivity contribution in [2.75, 3.05) is 6.54 Å². The lowest BCUT2D eigenvalue weighted by Gasteiger charge is -2.12. The molecule has 1 aromatic heterocycles. The van der Waals surface area contributed by atoms with E-state index >= 15 is 0 Å². The molecule has 2 aromatic rings. The van der Waals surface area contributed by atoms with E-state index in [1.54, 1.807) is 0 Å². The summed E-state index contributed by atoms with van der Waals surface area (Å²) in [5, 5.41) is 6.32. The fourth-order valence-corrected chi connectivity index (χ4v) is 3.33. The van der Waals surface area contributed by atoms with Gasteiger partial charge in [0.25, 0.3) is 0 Å². The van der Waals surface area contributed by atoms with Crippen molar-refractivity contribution in [2.24, 2.45) is 10.9 Å². The van der Waals surface area contributed by atoms with E-state index in [-0.39, 0.29) is 0 Å². The molecule has 104 valence electrons. The van der Waals surface area contributed by atoms with Gasteiger partial charge in [-0.15, -0.1) is 0 Å². The maximum atomic E-state index is 4.58. The van der Waals surface area contributed by atoms with E-state index in [1.807, 2.05) is 24.0 Å². The number of nitrogens with one attached hydrogen (secondary N) is 1. The largest absolute Gasteiger partial charge is 0.361 e. The van der Waals surface area contributed by atoms with E-state index < -0.39 is 0 Å². The number of pyridine rings is 1. The molecule has 1 unspecified atom stereocenters. The molecule has 3 rings (SSSR count). The van der Waals surface area contributed by atoms with E-state index in [9.17, 15) is 0 Å². The normalized spacial score (nSPS) is 18.6. The summed E-state index contributed by atoms with van der Waals surface area (Å²) >= 11 is 1.86. The first-order chi connectivity index (χ1) is 9.74. The molecular weight excluding hydrogens is 266 g/mol. The van der Waals surface area contributed by atoms with Crippen LogP contribution in [0.3, 0.4) is 0 Å². The Morgan fingerprint density at radius 2 is 2.15 bits per heavy atom. The zero-order valence-electron chi connectivity index (χ0n) is 11.8. The lowest BCUT2D eigenvalue weighted by atomic mass is 10.1. The molecule has 0 bridgehead atoms. The number of benzene rings is 1. The van der Waals surface area contributed by atoms with Crippen molar-refractivity contribution in [2.45, 2.75) is 25.6 Å². The number of fused-ring (bicyclic) bond motifs is 1. The molecule has 0 saturated carbocycles. The highest BCUT2D eigenvalue weighted by atomic mass is 32.2. The minimum atomic E-state index is 0.614. The van der Waals surface area contributed by atoms with Gasteiger partial charge >= 0.3 is 0 Å². The molecule has 0 fully saturated rings. The molecule has 1 N–H and O–H groups in total. The van der Waals surface area contributed by atoms with Crippen LogP contribution >= 0.6 is 11.8 Å². The standard InChI is InChI=1S/C16H19N3S/c1-11(2)14-10-19-16(20-14)18-9-13-6-3-5-12-7-4-8-17-15(12)13/h3-8,11,14H,9-10H2,1-2H3,(H,18,19). The van der Waals surface area contributed by atoms with Crippen molar-refractivity contribution in [1.29, 1.82) is 0 Å². The predicted octanol–water partition coefficient (Wildman–Crippen LogP) is 3.45. The Balaban J connectivity index is 1.69. The Morgan fingerprint density at radius 3 is 2.95 bits per heavy atom. The third-order valence-corrected chi connectivity index (χ3v) is 5.06. The molecule has 1 atom stereocenters. The molecule has 3 nitrogen and oxygen atoms in total. The van der Waals surface area contributed by atoms with Crippen LogP contribution in [0.2, 0.25) is 0 Å². The number of nitrogens with zero attached hydrogens (tertiary/aromatic N) is 2. The van der Waals surface area contributed by atoms with Crippen LogP contribution in [0, 0.1) is 5.92 Å². The first-order valence-corrected chi connectivity index (χ1v) is 7.89. The fraction of sp³-hybridized carbons (Fsp3) is 0.375. The van der Waals surface area contributed by atoms with Gasteiger partial charge in [0, 0.05) is 23.4 Å². The van der Waals surface area contributed by atoms with Crippen LogP contribution in [0.15, 0.2) is 41.5 Å². The Labute approximate surface area is 123 Å². The van der Waals surface area contributed by atoms with Gasteiger partial charge < -0.3 is 5.32 Å². The van der Waals surface area contributed by atoms with E-state index in [2.05, 4.69) is 53.4 Å². The van der Waals surface area contributed by atoms with Crippen LogP contribution in [0.5, 0.6) is 0 Å². The molecule has 2 heterocycles. The Kier molecular flexibility index (Phi) is 3.92. The fourth-order valence-electron chi connectivity index (χ4n) is 2.32. The van der Waals surface area contributed by atoms with Gasteiger partial charge in [-0.1, -0.05) is 49.9 Å². The van der Waals surface area contributed by atoms with E-state index in [1.165, 1.54) is 10.9 Å². The molecule has 1 aromatic carbocycles. The average molecular weight is 285 g/mol. The number of para-hydroxylation sites is 1. The molecule has 20 heavy (non-hydrogen) atoms. The lowest BCUT2D eigenvalue weighted by molar-refractivity contribution is 0.621. The first kappa shape index (κ1) is 13.4. The molecule has 0 aliphatic carbocycles. The summed E-state index contributed by atoms with van der Waals surface area (Å²) in [7, 11) is 0. The highest BCUT2D eigenvalue weighted by Crippen LogP contribution is 2.26. The van der Waals surface area contributed by atoms with Gasteiger partial charge in [-0.05, 0) is 17.5 Å². The molecule has 0 amide bonds. The second-order valence-corrected chi connectivity index (χ2v) is 6.62. The maximum absolute atomic E-state index is 4.58. The Bertz CT molecular complexity index is 631. The third kappa shape index (κ3) is 2.80. The van der Waals surface area contributed by atoms with E-state index in [4.69, 9.17) is 0 Å². The smallest absolute Gasteiger partial charge is 0.157 e. The van der Waals surface area contributed by atoms with Crippen molar-refractivity contribution in [3.8, 4) is 0 Å². The van der Waals surface area contributed by atoms with Gasteiger partial charge in [0.05, 0.1) is 12.1 Å². The second kappa shape index (κ2) is 5.83. The summed E-state index contributed by atoms with van der Waals surface area (Å²) in [6.45, 7) is 6.22. The zero-order chi connectivity index (χ0) is 13.9. The highest BCUT2D eigenvalue weighted by Gasteiger charge is 2.22. The van der Waals surface area contributed by atoms with Crippen molar-refractivity contribution < 1.29 is 0 Å². The summed E-state index contributed by atoms with van der Waals surface area (Å²) in [6.07, 6.45) is 1.85. The van der Waals surface area contributed by atoms with Crippen LogP contribution in [0.1, 0.15) is 19.4 Å². The van der Waals surface area contributed by atoms with E-state index in [0.717, 1.165) is 23.8 Å². The number of amidine groups is 1. The monoisotopic (exact) mass is 285 g/mol. The Morgan fingerprint density at radius 1 is 1.30 bits per heavy atom. The summed E-state index contributed by atoms with van der Waals surface area (Å²) in [6, 6.07) is 10.4. The topological polar surface area (TPSA) is 37.3 Å². The molecular formula is C16H19N3S. The van der Waals surface area contributed by atoms with Gasteiger partial charge in [0.2, 0.25) is 0 Å². The number of hydrogen-bond acceptors (Lipinski definition) is 4. The van der Waals surface area contributed by atoms with E-state index in [0.29, 0.717) is 11.2 Å². The van der Waals surface area contributed by atoms with Gasteiger partial charge in [0.15, 0.2) is 5.17 Å². The van der Waals surface area contributed by atoms with Crippen LogP contribution in [0.25, 0.3) is 10.9 Å². The van der Waals surface area contributed by atoms with Gasteiger partial charge in [-0.3, -0.25) is 9.98 Å². The first-order valence-electron chi connectivity index (χ1n) is 7.01. The average Bonchev–Trinajstić information content (AvgIpc) is 2.94. The minimum absolute atomic E-state index is 0.614. The van der Waals surface area contributed by atoms with Crippen molar-refractivity contribution >= 4 is 27.8 Å². The summed E-state index contributed by atoms with van der Waals surface area (Å²) < 4.78 is 0. The minimum Gasteiger partial charge on any atom is -0.361 e. The number of hydrogen-bond donors (Lipinski definition) is 1. The van der Waals surface area contributed by atoms with Gasteiger partial charge in [-0.25, -0.2) is 0 Å². The quantitative estimate of drug-likeness (QED) is 0.938. The number of thioether (sulfide) groups is 1. The van der Waals surface area contributed by atoms with Crippen molar-refractivity contribution in [3.05, 3.63) is 42.1 Å². The number of aliphatic imine (C=N–C) groups is 1. The second-order valence-electron chi connectivity index (χ2n) is 5.39. The van der Waals surface area contributed by atoms with Crippen LogP contribution < -0.4 is 5.32 Å².